The molecule has 1 aliphatic heterocycles. The molecule has 0 bridgehead atoms. The fourth-order valence-electron chi connectivity index (χ4n) is 4.50. The van der Waals surface area contributed by atoms with Crippen molar-refractivity contribution in [1.29, 1.82) is 0 Å². The van der Waals surface area contributed by atoms with Crippen molar-refractivity contribution in [2.45, 2.75) is 38.8 Å². The molecule has 0 radical (unpaired) electrons. The lowest BCUT2D eigenvalue weighted by atomic mass is 9.95. The van der Waals surface area contributed by atoms with Gasteiger partial charge in [0.1, 0.15) is 17.5 Å². The topological polar surface area (TPSA) is 104 Å². The van der Waals surface area contributed by atoms with E-state index in [1.54, 1.807) is 0 Å². The molecule has 9 nitrogen and oxygen atoms in total. The Morgan fingerprint density at radius 3 is 2.85 bits per heavy atom. The van der Waals surface area contributed by atoms with Crippen molar-refractivity contribution in [2.24, 2.45) is 13.0 Å². The van der Waals surface area contributed by atoms with Crippen molar-refractivity contribution in [3.8, 4) is 0 Å². The molecule has 4 N–H and O–H groups in total. The highest BCUT2D eigenvalue weighted by atomic mass is 16.3. The average molecular weight is 449 g/mol. The Morgan fingerprint density at radius 1 is 1.21 bits per heavy atom. The number of anilines is 2. The molecule has 5 rings (SSSR count). The maximum Gasteiger partial charge on any atom is 0.163 e. The minimum Gasteiger partial charge on any atom is -0.391 e. The molecule has 9 heteroatoms. The summed E-state index contributed by atoms with van der Waals surface area (Å²) in [6.07, 6.45) is 2.50. The number of benzene rings is 1. The van der Waals surface area contributed by atoms with E-state index in [1.807, 2.05) is 42.0 Å². The van der Waals surface area contributed by atoms with Crippen molar-refractivity contribution >= 4 is 28.3 Å². The summed E-state index contributed by atoms with van der Waals surface area (Å²) in [5, 5.41) is 25.1. The van der Waals surface area contributed by atoms with Crippen LogP contribution in [0.15, 0.2) is 36.5 Å². The third kappa shape index (κ3) is 4.26. The van der Waals surface area contributed by atoms with Crippen LogP contribution >= 0.6 is 0 Å². The Hall–Kier alpha value is -3.17. The van der Waals surface area contributed by atoms with E-state index in [9.17, 15) is 5.11 Å². The van der Waals surface area contributed by atoms with Gasteiger partial charge in [-0.2, -0.15) is 9.61 Å². The molecule has 33 heavy (non-hydrogen) atoms. The van der Waals surface area contributed by atoms with Gasteiger partial charge in [0.25, 0.3) is 0 Å². The molecule has 3 aromatic heterocycles. The van der Waals surface area contributed by atoms with E-state index in [2.05, 4.69) is 45.5 Å². The van der Waals surface area contributed by atoms with Crippen molar-refractivity contribution in [3.05, 3.63) is 47.9 Å². The average Bonchev–Trinajstić information content (AvgIpc) is 3.38. The minimum absolute atomic E-state index is 0.204. The molecule has 1 saturated heterocycles. The maximum atomic E-state index is 10.3. The number of aryl methyl sites for hydroxylation is 1. The highest BCUT2D eigenvalue weighted by Gasteiger charge is 2.23. The second kappa shape index (κ2) is 8.99. The molecule has 4 aromatic rings. The lowest BCUT2D eigenvalue weighted by molar-refractivity contribution is 0.0883. The summed E-state index contributed by atoms with van der Waals surface area (Å²) in [5.74, 6) is 3.10. The molecule has 0 spiro atoms. The number of hydrogen-bond acceptors (Lipinski definition) is 7. The van der Waals surface area contributed by atoms with E-state index < -0.39 is 0 Å². The van der Waals surface area contributed by atoms with Crippen LogP contribution in [0.25, 0.3) is 16.7 Å². The van der Waals surface area contributed by atoms with E-state index in [4.69, 9.17) is 9.97 Å². The number of nitrogens with one attached hydrogen (secondary N) is 3. The van der Waals surface area contributed by atoms with Crippen LogP contribution in [0.3, 0.4) is 0 Å². The number of aliphatic hydroxyl groups excluding tert-OH is 1. The van der Waals surface area contributed by atoms with Gasteiger partial charge in [-0.1, -0.05) is 26.0 Å². The molecule has 0 saturated carbocycles. The summed E-state index contributed by atoms with van der Waals surface area (Å²) >= 11 is 0. The number of hydrogen-bond donors (Lipinski definition) is 4. The second-order valence-corrected chi connectivity index (χ2v) is 9.15. The summed E-state index contributed by atoms with van der Waals surface area (Å²) < 4.78 is 3.98. The summed E-state index contributed by atoms with van der Waals surface area (Å²) in [4.78, 5) is 9.64. The number of piperidine rings is 1. The predicted molar refractivity (Wildman–Crippen MR) is 131 cm³/mol. The smallest absolute Gasteiger partial charge is 0.163 e. The van der Waals surface area contributed by atoms with Gasteiger partial charge in [-0.3, -0.25) is 0 Å². The molecule has 1 fully saturated rings. The van der Waals surface area contributed by atoms with Crippen molar-refractivity contribution in [1.82, 2.24) is 29.5 Å². The SMILES string of the molecule is CC(C)c1cnn2c(NCc3nc4ccccc4n3C)cc(NC[C@H]3CCNC[C@@H]3O)nc12. The van der Waals surface area contributed by atoms with Crippen LogP contribution in [0.1, 0.15) is 37.6 Å². The molecule has 1 aromatic carbocycles. The fraction of sp³-hybridized carbons (Fsp3) is 0.458. The summed E-state index contributed by atoms with van der Waals surface area (Å²) in [7, 11) is 2.04. The maximum absolute atomic E-state index is 10.3. The lowest BCUT2D eigenvalue weighted by Crippen LogP contribution is -2.43. The van der Waals surface area contributed by atoms with Gasteiger partial charge in [0.2, 0.25) is 0 Å². The second-order valence-electron chi connectivity index (χ2n) is 9.15. The van der Waals surface area contributed by atoms with Crippen LogP contribution < -0.4 is 16.0 Å². The molecule has 0 aliphatic carbocycles. The van der Waals surface area contributed by atoms with E-state index in [0.717, 1.165) is 52.7 Å². The first-order valence-corrected chi connectivity index (χ1v) is 11.7. The van der Waals surface area contributed by atoms with E-state index in [0.29, 0.717) is 25.6 Å². The molecule has 174 valence electrons. The third-order valence-corrected chi connectivity index (χ3v) is 6.56. The quantitative estimate of drug-likeness (QED) is 0.345. The Kier molecular flexibility index (Phi) is 5.90. The number of aliphatic hydroxyl groups is 1. The number of nitrogens with zero attached hydrogens (tertiary/aromatic N) is 5. The van der Waals surface area contributed by atoms with E-state index in [-0.39, 0.29) is 12.0 Å². The Morgan fingerprint density at radius 2 is 2.06 bits per heavy atom. The van der Waals surface area contributed by atoms with Crippen LogP contribution in [0.2, 0.25) is 0 Å². The van der Waals surface area contributed by atoms with Gasteiger partial charge in [0, 0.05) is 37.7 Å². The van der Waals surface area contributed by atoms with Crippen LogP contribution in [0.4, 0.5) is 11.6 Å². The first-order valence-electron chi connectivity index (χ1n) is 11.7. The standard InChI is InChI=1S/C24H32N8O/c1-15(2)17-12-28-32-22(27-14-23-29-18-6-4-5-7-19(18)31(23)3)10-21(30-24(17)32)26-11-16-8-9-25-13-20(16)33/h4-7,10,12,15-16,20,25,27,33H,8-9,11,13-14H2,1-3H3,(H,26,30)/t16-,20+/m1/s1. The van der Waals surface area contributed by atoms with Gasteiger partial charge >= 0.3 is 0 Å². The van der Waals surface area contributed by atoms with Crippen LogP contribution in [-0.2, 0) is 13.6 Å². The van der Waals surface area contributed by atoms with Gasteiger partial charge in [-0.25, -0.2) is 9.97 Å². The molecular weight excluding hydrogens is 416 g/mol. The van der Waals surface area contributed by atoms with Crippen molar-refractivity contribution in [3.63, 3.8) is 0 Å². The normalized spacial score (nSPS) is 18.9. The minimum atomic E-state index is -0.341. The zero-order valence-corrected chi connectivity index (χ0v) is 19.4. The zero-order chi connectivity index (χ0) is 22.9. The van der Waals surface area contributed by atoms with E-state index >= 15 is 0 Å². The van der Waals surface area contributed by atoms with Gasteiger partial charge in [0.15, 0.2) is 5.65 Å². The van der Waals surface area contributed by atoms with Gasteiger partial charge < -0.3 is 25.6 Å². The molecule has 0 amide bonds. The molecule has 2 atom stereocenters. The van der Waals surface area contributed by atoms with Crippen molar-refractivity contribution < 1.29 is 5.11 Å². The highest BCUT2D eigenvalue weighted by Crippen LogP contribution is 2.25. The largest absolute Gasteiger partial charge is 0.391 e. The van der Waals surface area contributed by atoms with Crippen LogP contribution in [-0.4, -0.2) is 55.0 Å². The van der Waals surface area contributed by atoms with Gasteiger partial charge in [0.05, 0.1) is 29.9 Å². The monoisotopic (exact) mass is 448 g/mol. The predicted octanol–water partition coefficient (Wildman–Crippen LogP) is 2.73. The third-order valence-electron chi connectivity index (χ3n) is 6.56. The summed E-state index contributed by atoms with van der Waals surface area (Å²) in [6.45, 7) is 7.12. The fourth-order valence-corrected chi connectivity index (χ4v) is 4.50. The number of fused-ring (bicyclic) bond motifs is 2. The van der Waals surface area contributed by atoms with Gasteiger partial charge in [-0.05, 0) is 31.0 Å². The first kappa shape index (κ1) is 21.7. The molecular formula is C24H32N8O. The number of β-amino-alcohol motifs (C(OH)–C–C–N with tert-alkyl or cyclic N) is 1. The van der Waals surface area contributed by atoms with E-state index in [1.165, 1.54) is 0 Å². The molecule has 4 heterocycles. The number of rotatable bonds is 7. The van der Waals surface area contributed by atoms with Crippen LogP contribution in [0.5, 0.6) is 0 Å². The summed E-state index contributed by atoms with van der Waals surface area (Å²) in [5.41, 5.74) is 4.04. The van der Waals surface area contributed by atoms with Gasteiger partial charge in [-0.15, -0.1) is 0 Å². The molecule has 0 unspecified atom stereocenters. The van der Waals surface area contributed by atoms with Crippen LogP contribution in [0, 0.1) is 5.92 Å². The Bertz CT molecular complexity index is 1260. The number of imidazole rings is 1. The summed E-state index contributed by atoms with van der Waals surface area (Å²) in [6, 6.07) is 10.1. The Balaban J connectivity index is 1.42. The number of para-hydroxylation sites is 2. The lowest BCUT2D eigenvalue weighted by Gasteiger charge is -2.28. The van der Waals surface area contributed by atoms with Crippen molar-refractivity contribution in [2.75, 3.05) is 30.3 Å². The first-order chi connectivity index (χ1) is 16.0. The Labute approximate surface area is 193 Å². The molecule has 1 aliphatic rings. The highest BCUT2D eigenvalue weighted by molar-refractivity contribution is 5.75. The zero-order valence-electron chi connectivity index (χ0n) is 19.4. The number of aromatic nitrogens is 5.